The number of hydrogen-bond donors (Lipinski definition) is 0. The highest BCUT2D eigenvalue weighted by molar-refractivity contribution is 9.10. The summed E-state index contributed by atoms with van der Waals surface area (Å²) in [5, 5.41) is 0.818. The summed E-state index contributed by atoms with van der Waals surface area (Å²) in [6.07, 6.45) is 0. The molecule has 0 aliphatic rings. The summed E-state index contributed by atoms with van der Waals surface area (Å²) in [6.45, 7) is 0. The van der Waals surface area contributed by atoms with Crippen molar-refractivity contribution >= 4 is 60.3 Å². The van der Waals surface area contributed by atoms with Gasteiger partial charge < -0.3 is 0 Å². The molecule has 1 rings (SSSR count). The van der Waals surface area contributed by atoms with E-state index >= 15 is 0 Å². The molecule has 5 heteroatoms. The van der Waals surface area contributed by atoms with Gasteiger partial charge in [-0.05, 0) is 6.07 Å². The zero-order valence-corrected chi connectivity index (χ0v) is 10.1. The highest BCUT2D eigenvalue weighted by atomic mass is 79.9. The maximum Gasteiger partial charge on any atom is 0.148 e. The van der Waals surface area contributed by atoms with Gasteiger partial charge in [0.2, 0.25) is 0 Å². The summed E-state index contributed by atoms with van der Waals surface area (Å²) in [5.41, 5.74) is 0. The Bertz CT molecular complexity index is 309. The van der Waals surface area contributed by atoms with Crippen molar-refractivity contribution in [1.29, 1.82) is 0 Å². The lowest BCUT2D eigenvalue weighted by molar-refractivity contribution is 1.72. The van der Waals surface area contributed by atoms with Gasteiger partial charge in [-0.15, -0.1) is 0 Å². The molecule has 0 N–H and O–H groups in total. The summed E-state index contributed by atoms with van der Waals surface area (Å²) < 4.78 is -1.44. The van der Waals surface area contributed by atoms with Crippen LogP contribution in [0.4, 0.5) is 0 Å². The minimum Gasteiger partial charge on any atom is -0.0632 e. The van der Waals surface area contributed by atoms with Crippen molar-refractivity contribution in [2.75, 3.05) is 0 Å². The molecule has 0 saturated carbocycles. The molecule has 0 spiro atoms. The molecule has 0 bridgehead atoms. The number of benzene rings is 1. The number of hydrogen-bond acceptors (Lipinski definition) is 1. The summed E-state index contributed by atoms with van der Waals surface area (Å²) in [4.78, 5) is 0. The lowest BCUT2D eigenvalue weighted by Crippen LogP contribution is -1.97. The average molecular weight is 290 g/mol. The maximum absolute atomic E-state index is 5.83. The van der Waals surface area contributed by atoms with Crippen LogP contribution in [0.3, 0.4) is 0 Å². The first kappa shape index (κ1) is 10.0. The van der Waals surface area contributed by atoms with Crippen LogP contribution in [0.5, 0.6) is 0 Å². The molecule has 11 heavy (non-hydrogen) atoms. The van der Waals surface area contributed by atoms with Crippen LogP contribution in [-0.2, 0) is 11.8 Å². The molecule has 0 nitrogen and oxygen atoms in total. The second kappa shape index (κ2) is 3.76. The van der Waals surface area contributed by atoms with Gasteiger partial charge in [-0.25, -0.2) is 0 Å². The normalized spacial score (nSPS) is 11.5. The van der Waals surface area contributed by atoms with E-state index in [0.717, 1.165) is 9.78 Å². The molecule has 0 aromatic heterocycles. The van der Waals surface area contributed by atoms with Gasteiger partial charge in [0.1, 0.15) is 4.74 Å². The van der Waals surface area contributed by atoms with Gasteiger partial charge in [-0.2, -0.15) is 0 Å². The van der Waals surface area contributed by atoms with Crippen molar-refractivity contribution in [3.05, 3.63) is 28.7 Å². The molecule has 0 saturated heterocycles. The third kappa shape index (κ3) is 2.71. The van der Waals surface area contributed by atoms with E-state index in [1.54, 1.807) is 0 Å². The number of halogens is 3. The van der Waals surface area contributed by atoms with Crippen molar-refractivity contribution in [3.8, 4) is 0 Å². The average Bonchev–Trinajstić information content (AvgIpc) is 1.86. The standard InChI is InChI=1S/C6H4BrCl2PS/c7-5-3-1-2-4-6(5)10(8,9)11/h1-4H. The third-order valence-corrected chi connectivity index (χ3v) is 4.76. The molecule has 0 fully saturated rings. The maximum atomic E-state index is 5.83. The van der Waals surface area contributed by atoms with Gasteiger partial charge in [0.05, 0.1) is 0 Å². The minimum absolute atomic E-state index is 0.818. The molecule has 0 heterocycles. The van der Waals surface area contributed by atoms with Crippen LogP contribution in [0.25, 0.3) is 0 Å². The molecule has 0 atom stereocenters. The molecular formula is C6H4BrCl2PS. The summed E-state index contributed by atoms with van der Waals surface area (Å²) in [6, 6.07) is 7.48. The van der Waals surface area contributed by atoms with Crippen molar-refractivity contribution < 1.29 is 0 Å². The first-order chi connectivity index (χ1) is 5.02. The van der Waals surface area contributed by atoms with E-state index in [4.69, 9.17) is 34.3 Å². The van der Waals surface area contributed by atoms with Crippen molar-refractivity contribution in [3.63, 3.8) is 0 Å². The first-order valence-corrected chi connectivity index (χ1v) is 8.17. The molecule has 0 unspecified atom stereocenters. The third-order valence-electron chi connectivity index (χ3n) is 1.13. The van der Waals surface area contributed by atoms with E-state index in [1.165, 1.54) is 0 Å². The van der Waals surface area contributed by atoms with Crippen LogP contribution in [0.2, 0.25) is 0 Å². The fraction of sp³-hybridized carbons (Fsp3) is 0. The van der Waals surface area contributed by atoms with E-state index in [-0.39, 0.29) is 0 Å². The highest BCUT2D eigenvalue weighted by Crippen LogP contribution is 2.56. The lowest BCUT2D eigenvalue weighted by atomic mass is 10.4. The Morgan fingerprint density at radius 2 is 1.82 bits per heavy atom. The van der Waals surface area contributed by atoms with E-state index in [9.17, 15) is 0 Å². The lowest BCUT2D eigenvalue weighted by Gasteiger charge is -2.06. The monoisotopic (exact) mass is 288 g/mol. The van der Waals surface area contributed by atoms with Crippen molar-refractivity contribution in [2.24, 2.45) is 0 Å². The molecule has 1 aromatic rings. The SMILES string of the molecule is S=P(Cl)(Cl)c1ccccc1Br. The minimum atomic E-state index is -2.32. The van der Waals surface area contributed by atoms with E-state index in [0.29, 0.717) is 0 Å². The van der Waals surface area contributed by atoms with E-state index < -0.39 is 4.74 Å². The smallest absolute Gasteiger partial charge is 0.0632 e. The van der Waals surface area contributed by atoms with Gasteiger partial charge in [-0.3, -0.25) is 0 Å². The van der Waals surface area contributed by atoms with Crippen molar-refractivity contribution in [2.45, 2.75) is 0 Å². The molecule has 0 aliphatic heterocycles. The molecule has 0 aliphatic carbocycles. The van der Waals surface area contributed by atoms with Crippen molar-refractivity contribution in [1.82, 2.24) is 0 Å². The van der Waals surface area contributed by atoms with Crippen LogP contribution in [-0.4, -0.2) is 0 Å². The molecular weight excluding hydrogens is 286 g/mol. The first-order valence-electron chi connectivity index (χ1n) is 2.76. The predicted octanol–water partition coefficient (Wildman–Crippen LogP) is 3.86. The highest BCUT2D eigenvalue weighted by Gasteiger charge is 2.14. The predicted molar refractivity (Wildman–Crippen MR) is 59.8 cm³/mol. The fourth-order valence-electron chi connectivity index (χ4n) is 0.663. The summed E-state index contributed by atoms with van der Waals surface area (Å²) in [7, 11) is 0. The topological polar surface area (TPSA) is 0 Å². The number of rotatable bonds is 1. The summed E-state index contributed by atoms with van der Waals surface area (Å²) >= 11 is 19.9. The van der Waals surface area contributed by atoms with Gasteiger partial charge in [0, 0.05) is 9.78 Å². The van der Waals surface area contributed by atoms with Crippen LogP contribution < -0.4 is 5.30 Å². The Hall–Kier alpha value is 0.930. The summed E-state index contributed by atoms with van der Waals surface area (Å²) in [5.74, 6) is 0. The Labute approximate surface area is 88.6 Å². The van der Waals surface area contributed by atoms with E-state index in [2.05, 4.69) is 15.9 Å². The van der Waals surface area contributed by atoms with Crippen LogP contribution in [0, 0.1) is 0 Å². The van der Waals surface area contributed by atoms with E-state index in [1.807, 2.05) is 24.3 Å². The largest absolute Gasteiger partial charge is 0.148 e. The van der Waals surface area contributed by atoms with Gasteiger partial charge in [0.25, 0.3) is 0 Å². The van der Waals surface area contributed by atoms with Gasteiger partial charge >= 0.3 is 0 Å². The van der Waals surface area contributed by atoms with Gasteiger partial charge in [-0.1, -0.05) is 68.4 Å². The van der Waals surface area contributed by atoms with Crippen LogP contribution in [0.1, 0.15) is 0 Å². The van der Waals surface area contributed by atoms with Gasteiger partial charge in [0.15, 0.2) is 0 Å². The quantitative estimate of drug-likeness (QED) is 0.708. The fourth-order valence-corrected chi connectivity index (χ4v) is 4.66. The Morgan fingerprint density at radius 3 is 2.18 bits per heavy atom. The molecule has 0 radical (unpaired) electrons. The Balaban J connectivity index is 3.25. The second-order valence-electron chi connectivity index (χ2n) is 1.91. The zero-order chi connectivity index (χ0) is 8.48. The second-order valence-corrected chi connectivity index (χ2v) is 10.6. The van der Waals surface area contributed by atoms with Crippen LogP contribution >= 0.6 is 43.2 Å². The Kier molecular flexibility index (Phi) is 3.42. The van der Waals surface area contributed by atoms with Crippen LogP contribution in [0.15, 0.2) is 28.7 Å². The molecule has 0 amide bonds. The molecule has 60 valence electrons. The Morgan fingerprint density at radius 1 is 1.27 bits per heavy atom. The molecule has 1 aromatic carbocycles. The zero-order valence-electron chi connectivity index (χ0n) is 5.30.